The highest BCUT2D eigenvalue weighted by Crippen LogP contribution is 2.30. The molecule has 0 bridgehead atoms. The van der Waals surface area contributed by atoms with E-state index < -0.39 is 0 Å². The molecule has 4 heteroatoms. The monoisotopic (exact) mass is 295 g/mol. The summed E-state index contributed by atoms with van der Waals surface area (Å²) in [5, 5.41) is 3.50. The van der Waals surface area contributed by atoms with Gasteiger partial charge in [-0.2, -0.15) is 0 Å². The molecule has 2 aliphatic heterocycles. The van der Waals surface area contributed by atoms with E-state index >= 15 is 0 Å². The summed E-state index contributed by atoms with van der Waals surface area (Å²) in [7, 11) is 0. The molecule has 1 aliphatic carbocycles. The Bertz CT molecular complexity index is 311. The van der Waals surface area contributed by atoms with E-state index in [9.17, 15) is 0 Å². The normalized spacial score (nSPS) is 32.1. The number of hydrogen-bond donors (Lipinski definition) is 1. The molecule has 2 saturated heterocycles. The van der Waals surface area contributed by atoms with Crippen molar-refractivity contribution < 1.29 is 4.74 Å². The molecule has 0 amide bonds. The lowest BCUT2D eigenvalue weighted by atomic mass is 10.1. The Morgan fingerprint density at radius 3 is 2.14 bits per heavy atom. The number of nitrogens with zero attached hydrogens (tertiary/aromatic N) is 2. The Morgan fingerprint density at radius 1 is 0.905 bits per heavy atom. The lowest BCUT2D eigenvalue weighted by Gasteiger charge is -2.35. The van der Waals surface area contributed by atoms with Gasteiger partial charge in [0.25, 0.3) is 0 Å². The van der Waals surface area contributed by atoms with Gasteiger partial charge in [-0.1, -0.05) is 13.8 Å². The van der Waals surface area contributed by atoms with Crippen molar-refractivity contribution in [2.75, 3.05) is 45.8 Å². The fourth-order valence-electron chi connectivity index (χ4n) is 3.54. The summed E-state index contributed by atoms with van der Waals surface area (Å²) in [4.78, 5) is 5.28. The van der Waals surface area contributed by atoms with E-state index in [-0.39, 0.29) is 0 Å². The zero-order valence-electron chi connectivity index (χ0n) is 13.9. The Morgan fingerprint density at radius 2 is 1.52 bits per heavy atom. The van der Waals surface area contributed by atoms with Crippen LogP contribution in [0.1, 0.15) is 39.5 Å². The Kier molecular flexibility index (Phi) is 5.54. The third-order valence-electron chi connectivity index (χ3n) is 5.09. The minimum absolute atomic E-state index is 0.438. The number of rotatable bonds is 7. The lowest BCUT2D eigenvalue weighted by molar-refractivity contribution is 0.0117. The van der Waals surface area contributed by atoms with Crippen molar-refractivity contribution in [2.45, 2.75) is 57.8 Å². The zero-order chi connectivity index (χ0) is 14.7. The second-order valence-electron chi connectivity index (χ2n) is 7.56. The van der Waals surface area contributed by atoms with Crippen molar-refractivity contribution in [3.63, 3.8) is 0 Å². The third-order valence-corrected chi connectivity index (χ3v) is 5.09. The van der Waals surface area contributed by atoms with Gasteiger partial charge in [0.15, 0.2) is 0 Å². The summed E-state index contributed by atoms with van der Waals surface area (Å²) in [6, 6.07) is 0.562. The number of piperazine rings is 1. The van der Waals surface area contributed by atoms with Gasteiger partial charge >= 0.3 is 0 Å². The Labute approximate surface area is 130 Å². The molecule has 1 N–H and O–H groups in total. The van der Waals surface area contributed by atoms with E-state index in [0.717, 1.165) is 19.0 Å². The molecule has 3 rings (SSSR count). The first kappa shape index (κ1) is 15.7. The summed E-state index contributed by atoms with van der Waals surface area (Å²) in [5.41, 5.74) is 0. The van der Waals surface area contributed by atoms with Gasteiger partial charge in [0.2, 0.25) is 0 Å². The summed E-state index contributed by atoms with van der Waals surface area (Å²) in [6.07, 6.45) is 6.33. The molecule has 0 radical (unpaired) electrons. The molecule has 3 aliphatic rings. The van der Waals surface area contributed by atoms with Crippen molar-refractivity contribution in [3.8, 4) is 0 Å². The molecule has 2 atom stereocenters. The van der Waals surface area contributed by atoms with Gasteiger partial charge in [0.05, 0.1) is 12.2 Å². The van der Waals surface area contributed by atoms with Gasteiger partial charge in [-0.3, -0.25) is 4.90 Å². The molecular weight excluding hydrogens is 262 g/mol. The molecule has 0 aromatic rings. The van der Waals surface area contributed by atoms with Crippen LogP contribution in [0, 0.1) is 5.92 Å². The molecule has 21 heavy (non-hydrogen) atoms. The molecule has 0 aromatic carbocycles. The fourth-order valence-corrected chi connectivity index (χ4v) is 3.54. The largest absolute Gasteiger partial charge is 0.372 e. The van der Waals surface area contributed by atoms with Crippen LogP contribution in [0.25, 0.3) is 0 Å². The van der Waals surface area contributed by atoms with Gasteiger partial charge in [-0.25, -0.2) is 0 Å². The Balaban J connectivity index is 1.30. The van der Waals surface area contributed by atoms with E-state index in [1.807, 2.05) is 0 Å². The smallest absolute Gasteiger partial charge is 0.0707 e. The van der Waals surface area contributed by atoms with Crippen LogP contribution in [-0.2, 0) is 4.74 Å². The zero-order valence-corrected chi connectivity index (χ0v) is 13.9. The topological polar surface area (TPSA) is 27.7 Å². The van der Waals surface area contributed by atoms with Crippen molar-refractivity contribution in [1.29, 1.82) is 0 Å². The predicted octanol–water partition coefficient (Wildman–Crippen LogP) is 1.56. The molecule has 0 spiro atoms. The van der Waals surface area contributed by atoms with Gasteiger partial charge in [0, 0.05) is 51.9 Å². The highest BCUT2D eigenvalue weighted by atomic mass is 16.5. The van der Waals surface area contributed by atoms with Gasteiger partial charge in [0.1, 0.15) is 0 Å². The molecule has 2 unspecified atom stereocenters. The average Bonchev–Trinajstić information content (AvgIpc) is 3.16. The van der Waals surface area contributed by atoms with Gasteiger partial charge in [-0.15, -0.1) is 0 Å². The van der Waals surface area contributed by atoms with E-state index in [0.29, 0.717) is 18.2 Å². The molecule has 2 heterocycles. The minimum atomic E-state index is 0.438. The predicted molar refractivity (Wildman–Crippen MR) is 86.6 cm³/mol. The number of ether oxygens (including phenoxy) is 1. The second-order valence-corrected chi connectivity index (χ2v) is 7.56. The first-order chi connectivity index (χ1) is 10.2. The van der Waals surface area contributed by atoms with Gasteiger partial charge < -0.3 is 15.0 Å². The lowest BCUT2D eigenvalue weighted by Crippen LogP contribution is -2.49. The highest BCUT2D eigenvalue weighted by Gasteiger charge is 2.29. The fraction of sp³-hybridized carbons (Fsp3) is 1.00. The highest BCUT2D eigenvalue weighted by molar-refractivity contribution is 4.83. The van der Waals surface area contributed by atoms with Crippen LogP contribution >= 0.6 is 0 Å². The number of nitrogens with one attached hydrogen (secondary N) is 1. The maximum absolute atomic E-state index is 6.20. The first-order valence-corrected chi connectivity index (χ1v) is 9.02. The third kappa shape index (κ3) is 5.20. The quantitative estimate of drug-likeness (QED) is 0.771. The second kappa shape index (κ2) is 7.40. The molecule has 122 valence electrons. The van der Waals surface area contributed by atoms with Crippen LogP contribution in [0.15, 0.2) is 0 Å². The van der Waals surface area contributed by atoms with E-state index in [1.165, 1.54) is 58.4 Å². The minimum Gasteiger partial charge on any atom is -0.372 e. The van der Waals surface area contributed by atoms with Crippen LogP contribution in [-0.4, -0.2) is 73.9 Å². The summed E-state index contributed by atoms with van der Waals surface area (Å²) < 4.78 is 6.20. The SMILES string of the molecule is CC(C)NCC1CCC(CN2CCN(CC3CC3)CC2)O1. The van der Waals surface area contributed by atoms with Crippen LogP contribution in [0.4, 0.5) is 0 Å². The standard InChI is InChI=1S/C17H33N3O/c1-14(2)18-11-16-5-6-17(21-16)13-20-9-7-19(8-10-20)12-15-3-4-15/h14-18H,3-13H2,1-2H3. The Hall–Kier alpha value is -0.160. The van der Waals surface area contributed by atoms with E-state index in [1.54, 1.807) is 0 Å². The van der Waals surface area contributed by atoms with Crippen molar-refractivity contribution >= 4 is 0 Å². The maximum Gasteiger partial charge on any atom is 0.0707 e. The molecule has 3 fully saturated rings. The van der Waals surface area contributed by atoms with Crippen LogP contribution in [0.5, 0.6) is 0 Å². The van der Waals surface area contributed by atoms with Crippen molar-refractivity contribution in [1.82, 2.24) is 15.1 Å². The van der Waals surface area contributed by atoms with Gasteiger partial charge in [-0.05, 0) is 31.6 Å². The van der Waals surface area contributed by atoms with Crippen molar-refractivity contribution in [2.24, 2.45) is 5.92 Å². The van der Waals surface area contributed by atoms with Crippen LogP contribution in [0.2, 0.25) is 0 Å². The molecular formula is C17H33N3O. The molecule has 4 nitrogen and oxygen atoms in total. The van der Waals surface area contributed by atoms with Crippen LogP contribution in [0.3, 0.4) is 0 Å². The van der Waals surface area contributed by atoms with E-state index in [4.69, 9.17) is 4.74 Å². The summed E-state index contributed by atoms with van der Waals surface area (Å²) in [6.45, 7) is 12.9. The first-order valence-electron chi connectivity index (χ1n) is 9.02. The van der Waals surface area contributed by atoms with Crippen molar-refractivity contribution in [3.05, 3.63) is 0 Å². The average molecular weight is 295 g/mol. The molecule has 0 aromatic heterocycles. The summed E-state index contributed by atoms with van der Waals surface area (Å²) >= 11 is 0. The maximum atomic E-state index is 6.20. The molecule has 1 saturated carbocycles. The van der Waals surface area contributed by atoms with E-state index in [2.05, 4.69) is 29.0 Å². The number of hydrogen-bond acceptors (Lipinski definition) is 4. The van der Waals surface area contributed by atoms with Crippen LogP contribution < -0.4 is 5.32 Å². The summed E-state index contributed by atoms with van der Waals surface area (Å²) in [5.74, 6) is 1.03.